The van der Waals surface area contributed by atoms with Crippen LogP contribution in [0.2, 0.25) is 0 Å². The second-order valence-electron chi connectivity index (χ2n) is 4.71. The maximum absolute atomic E-state index is 12.0. The summed E-state index contributed by atoms with van der Waals surface area (Å²) < 4.78 is 1.96. The number of rotatable bonds is 4. The second-order valence-corrected chi connectivity index (χ2v) is 5.68. The van der Waals surface area contributed by atoms with Crippen molar-refractivity contribution >= 4 is 22.2 Å². The molecule has 0 saturated carbocycles. The first kappa shape index (κ1) is 13.8. The summed E-state index contributed by atoms with van der Waals surface area (Å²) in [4.78, 5) is 18.2. The standard InChI is InChI=1S/C15H16N4OS/c1-10-13(14(20)17-8-7-16)21-15-18-12(9-19(10)15)11-5-3-2-4-6-11/h2-6,9H,7-8,16H2,1H3,(H,17,20). The number of nitrogens with one attached hydrogen (secondary N) is 1. The fourth-order valence-electron chi connectivity index (χ4n) is 2.17. The lowest BCUT2D eigenvalue weighted by molar-refractivity contribution is 0.0958. The third kappa shape index (κ3) is 2.55. The number of fused-ring (bicyclic) bond motifs is 1. The molecule has 2 heterocycles. The summed E-state index contributed by atoms with van der Waals surface area (Å²) in [6, 6.07) is 10.0. The van der Waals surface area contributed by atoms with E-state index in [1.807, 2.05) is 47.9 Å². The highest BCUT2D eigenvalue weighted by Gasteiger charge is 2.17. The Balaban J connectivity index is 1.97. The van der Waals surface area contributed by atoms with Crippen LogP contribution in [0.4, 0.5) is 0 Å². The molecule has 1 aromatic carbocycles. The smallest absolute Gasteiger partial charge is 0.263 e. The molecule has 2 aromatic heterocycles. The van der Waals surface area contributed by atoms with Gasteiger partial charge in [-0.1, -0.05) is 41.7 Å². The van der Waals surface area contributed by atoms with Crippen molar-refractivity contribution in [3.8, 4) is 11.3 Å². The van der Waals surface area contributed by atoms with Crippen LogP contribution in [0.1, 0.15) is 15.4 Å². The van der Waals surface area contributed by atoms with Gasteiger partial charge in [0.2, 0.25) is 0 Å². The van der Waals surface area contributed by atoms with Gasteiger partial charge < -0.3 is 11.1 Å². The molecule has 0 atom stereocenters. The molecule has 108 valence electrons. The molecule has 0 aliphatic carbocycles. The van der Waals surface area contributed by atoms with Gasteiger partial charge in [-0.2, -0.15) is 0 Å². The van der Waals surface area contributed by atoms with Crippen LogP contribution in [0.25, 0.3) is 16.2 Å². The Morgan fingerprint density at radius 3 is 2.81 bits per heavy atom. The lowest BCUT2D eigenvalue weighted by Gasteiger charge is -2.01. The van der Waals surface area contributed by atoms with Gasteiger partial charge in [-0.15, -0.1) is 0 Å². The van der Waals surface area contributed by atoms with Gasteiger partial charge in [-0.25, -0.2) is 4.98 Å². The zero-order valence-electron chi connectivity index (χ0n) is 11.7. The first-order valence-corrected chi connectivity index (χ1v) is 7.54. The quantitative estimate of drug-likeness (QED) is 0.774. The average Bonchev–Trinajstić information content (AvgIpc) is 3.06. The van der Waals surface area contributed by atoms with Gasteiger partial charge in [0, 0.05) is 30.5 Å². The number of carbonyl (C=O) groups is 1. The molecule has 0 saturated heterocycles. The van der Waals surface area contributed by atoms with Crippen molar-refractivity contribution < 1.29 is 4.79 Å². The van der Waals surface area contributed by atoms with Crippen LogP contribution in [0.5, 0.6) is 0 Å². The minimum absolute atomic E-state index is 0.0882. The predicted molar refractivity (Wildman–Crippen MR) is 84.6 cm³/mol. The third-order valence-corrected chi connectivity index (χ3v) is 4.42. The summed E-state index contributed by atoms with van der Waals surface area (Å²) in [7, 11) is 0. The lowest BCUT2D eigenvalue weighted by atomic mass is 10.2. The summed E-state index contributed by atoms with van der Waals surface area (Å²) in [5.41, 5.74) is 8.29. The maximum atomic E-state index is 12.0. The normalized spacial score (nSPS) is 11.0. The van der Waals surface area contributed by atoms with Crippen molar-refractivity contribution in [1.29, 1.82) is 0 Å². The molecule has 3 N–H and O–H groups in total. The molecule has 1 amide bonds. The van der Waals surface area contributed by atoms with Crippen LogP contribution >= 0.6 is 11.3 Å². The molecule has 0 fully saturated rings. The van der Waals surface area contributed by atoms with E-state index in [9.17, 15) is 4.79 Å². The van der Waals surface area contributed by atoms with E-state index in [1.165, 1.54) is 11.3 Å². The number of hydrogen-bond donors (Lipinski definition) is 2. The fraction of sp³-hybridized carbons (Fsp3) is 0.200. The Labute approximate surface area is 126 Å². The fourth-order valence-corrected chi connectivity index (χ4v) is 3.20. The van der Waals surface area contributed by atoms with Crippen molar-refractivity contribution in [3.05, 3.63) is 47.1 Å². The van der Waals surface area contributed by atoms with E-state index >= 15 is 0 Å². The van der Waals surface area contributed by atoms with Crippen molar-refractivity contribution in [2.24, 2.45) is 5.73 Å². The molecular formula is C15H16N4OS. The summed E-state index contributed by atoms with van der Waals surface area (Å²) in [5.74, 6) is -0.0882. The summed E-state index contributed by atoms with van der Waals surface area (Å²) in [6.07, 6.45) is 1.97. The van der Waals surface area contributed by atoms with E-state index in [2.05, 4.69) is 10.3 Å². The predicted octanol–water partition coefficient (Wildman–Crippen LogP) is 2.06. The molecule has 0 unspecified atom stereocenters. The third-order valence-electron chi connectivity index (χ3n) is 3.26. The molecule has 21 heavy (non-hydrogen) atoms. The van der Waals surface area contributed by atoms with Gasteiger partial charge in [0.15, 0.2) is 4.96 Å². The Kier molecular flexibility index (Phi) is 3.72. The van der Waals surface area contributed by atoms with E-state index in [4.69, 9.17) is 5.73 Å². The van der Waals surface area contributed by atoms with Crippen molar-refractivity contribution in [1.82, 2.24) is 14.7 Å². The number of carbonyl (C=O) groups excluding carboxylic acids is 1. The molecule has 0 aliphatic heterocycles. The number of nitrogens with two attached hydrogens (primary N) is 1. The topological polar surface area (TPSA) is 72.4 Å². The Hall–Kier alpha value is -2.18. The van der Waals surface area contributed by atoms with E-state index in [0.717, 1.165) is 21.9 Å². The monoisotopic (exact) mass is 300 g/mol. The molecule has 0 spiro atoms. The molecule has 0 radical (unpaired) electrons. The van der Waals surface area contributed by atoms with E-state index in [1.54, 1.807) is 0 Å². The molecule has 3 rings (SSSR count). The highest BCUT2D eigenvalue weighted by atomic mass is 32.1. The van der Waals surface area contributed by atoms with Crippen LogP contribution in [-0.2, 0) is 0 Å². The molecule has 6 heteroatoms. The first-order chi connectivity index (χ1) is 10.2. The van der Waals surface area contributed by atoms with Gasteiger partial charge in [0.1, 0.15) is 4.88 Å². The highest BCUT2D eigenvalue weighted by Crippen LogP contribution is 2.26. The largest absolute Gasteiger partial charge is 0.350 e. The number of nitrogens with zero attached hydrogens (tertiary/aromatic N) is 2. The number of aryl methyl sites for hydroxylation is 1. The summed E-state index contributed by atoms with van der Waals surface area (Å²) in [5, 5.41) is 2.79. The lowest BCUT2D eigenvalue weighted by Crippen LogP contribution is -2.28. The number of thiazole rings is 1. The summed E-state index contributed by atoms with van der Waals surface area (Å²) >= 11 is 1.40. The van der Waals surface area contributed by atoms with E-state index in [0.29, 0.717) is 18.0 Å². The minimum atomic E-state index is -0.0882. The molecule has 5 nitrogen and oxygen atoms in total. The highest BCUT2D eigenvalue weighted by molar-refractivity contribution is 7.19. The van der Waals surface area contributed by atoms with Crippen LogP contribution in [0, 0.1) is 6.92 Å². The van der Waals surface area contributed by atoms with Crippen LogP contribution < -0.4 is 11.1 Å². The minimum Gasteiger partial charge on any atom is -0.350 e. The van der Waals surface area contributed by atoms with E-state index < -0.39 is 0 Å². The molecule has 0 aliphatic rings. The van der Waals surface area contributed by atoms with Gasteiger partial charge in [0.05, 0.1) is 5.69 Å². The zero-order chi connectivity index (χ0) is 14.8. The summed E-state index contributed by atoms with van der Waals surface area (Å²) in [6.45, 7) is 2.84. The van der Waals surface area contributed by atoms with E-state index in [-0.39, 0.29) is 5.91 Å². The van der Waals surface area contributed by atoms with Gasteiger partial charge >= 0.3 is 0 Å². The van der Waals surface area contributed by atoms with Crippen LogP contribution in [0.3, 0.4) is 0 Å². The number of hydrogen-bond acceptors (Lipinski definition) is 4. The maximum Gasteiger partial charge on any atom is 0.263 e. The van der Waals surface area contributed by atoms with Crippen LogP contribution in [-0.4, -0.2) is 28.4 Å². The average molecular weight is 300 g/mol. The number of benzene rings is 1. The number of imidazole rings is 1. The van der Waals surface area contributed by atoms with Crippen molar-refractivity contribution in [2.45, 2.75) is 6.92 Å². The van der Waals surface area contributed by atoms with Gasteiger partial charge in [-0.3, -0.25) is 9.20 Å². The first-order valence-electron chi connectivity index (χ1n) is 6.73. The van der Waals surface area contributed by atoms with Gasteiger partial charge in [0.25, 0.3) is 5.91 Å². The zero-order valence-corrected chi connectivity index (χ0v) is 12.5. The Morgan fingerprint density at radius 2 is 2.14 bits per heavy atom. The number of aromatic nitrogens is 2. The molecule has 3 aromatic rings. The SMILES string of the molecule is Cc1c(C(=O)NCCN)sc2nc(-c3ccccc3)cn12. The Bertz CT molecular complexity index is 776. The van der Waals surface area contributed by atoms with Crippen molar-refractivity contribution in [3.63, 3.8) is 0 Å². The van der Waals surface area contributed by atoms with Crippen molar-refractivity contribution in [2.75, 3.05) is 13.1 Å². The Morgan fingerprint density at radius 1 is 1.38 bits per heavy atom. The molecular weight excluding hydrogens is 284 g/mol. The van der Waals surface area contributed by atoms with Gasteiger partial charge in [-0.05, 0) is 6.92 Å². The second kappa shape index (κ2) is 5.67. The molecule has 0 bridgehead atoms. The van der Waals surface area contributed by atoms with Crippen LogP contribution in [0.15, 0.2) is 36.5 Å². The number of amides is 1.